The quantitative estimate of drug-likeness (QED) is 0.193. The predicted molar refractivity (Wildman–Crippen MR) is 153 cm³/mol. The maximum absolute atomic E-state index is 12.4. The normalized spacial score (nSPS) is 14.5. The highest BCUT2D eigenvalue weighted by Crippen LogP contribution is 2.30. The van der Waals surface area contributed by atoms with Crippen LogP contribution in [0.2, 0.25) is 0 Å². The molecule has 9 nitrogen and oxygen atoms in total. The molecule has 3 aromatic carbocycles. The van der Waals surface area contributed by atoms with E-state index in [-0.39, 0.29) is 12.5 Å². The highest BCUT2D eigenvalue weighted by atomic mass is 16.6. The summed E-state index contributed by atoms with van der Waals surface area (Å²) in [6, 6.07) is 27.8. The number of carbonyl (C=O) groups is 3. The topological polar surface area (TPSA) is 134 Å². The zero-order valence-corrected chi connectivity index (χ0v) is 23.3. The maximum Gasteiger partial charge on any atom is 0.336 e. The monoisotopic (exact) mass is 561 g/mol. The van der Waals surface area contributed by atoms with Gasteiger partial charge in [0.25, 0.3) is 0 Å². The summed E-state index contributed by atoms with van der Waals surface area (Å²) in [5, 5.41) is 28.2. The Labute approximate surface area is 239 Å². The largest absolute Gasteiger partial charge is 0.488 e. The SMILES string of the molecule is CC(/C=C(\c1ccccc1)c1ccc(OCC(OC(=O)CC(O)(CC(=O)O)C(=O)O)N(C)C)cc1)c1ccccc1. The number of hydrogen-bond donors (Lipinski definition) is 3. The van der Waals surface area contributed by atoms with E-state index in [4.69, 9.17) is 14.6 Å². The summed E-state index contributed by atoms with van der Waals surface area (Å²) in [5.41, 5.74) is 1.56. The summed E-state index contributed by atoms with van der Waals surface area (Å²) in [6.07, 6.45) is -0.859. The van der Waals surface area contributed by atoms with Gasteiger partial charge in [0.15, 0.2) is 11.8 Å². The van der Waals surface area contributed by atoms with Crippen LogP contribution >= 0.6 is 0 Å². The van der Waals surface area contributed by atoms with Gasteiger partial charge < -0.3 is 24.8 Å². The molecule has 3 atom stereocenters. The fourth-order valence-electron chi connectivity index (χ4n) is 4.16. The van der Waals surface area contributed by atoms with E-state index in [1.54, 1.807) is 19.0 Å². The van der Waals surface area contributed by atoms with Crippen molar-refractivity contribution in [3.8, 4) is 5.75 Å². The second-order valence-corrected chi connectivity index (χ2v) is 9.97. The molecule has 9 heteroatoms. The summed E-state index contributed by atoms with van der Waals surface area (Å²) in [4.78, 5) is 36.2. The van der Waals surface area contributed by atoms with Gasteiger partial charge in [-0.05, 0) is 54.4 Å². The van der Waals surface area contributed by atoms with Crippen molar-refractivity contribution in [1.82, 2.24) is 4.90 Å². The van der Waals surface area contributed by atoms with Crippen molar-refractivity contribution in [2.24, 2.45) is 0 Å². The van der Waals surface area contributed by atoms with Crippen molar-refractivity contribution in [3.63, 3.8) is 0 Å². The van der Waals surface area contributed by atoms with Crippen molar-refractivity contribution in [1.29, 1.82) is 0 Å². The summed E-state index contributed by atoms with van der Waals surface area (Å²) >= 11 is 0. The molecule has 3 N–H and O–H groups in total. The second-order valence-electron chi connectivity index (χ2n) is 9.97. The molecule has 216 valence electrons. The summed E-state index contributed by atoms with van der Waals surface area (Å²) < 4.78 is 11.2. The van der Waals surface area contributed by atoms with Gasteiger partial charge in [0, 0.05) is 0 Å². The van der Waals surface area contributed by atoms with Crippen LogP contribution in [0.5, 0.6) is 5.75 Å². The number of aliphatic carboxylic acids is 2. The first-order chi connectivity index (χ1) is 19.5. The van der Waals surface area contributed by atoms with Gasteiger partial charge in [-0.2, -0.15) is 0 Å². The van der Waals surface area contributed by atoms with Gasteiger partial charge in [0.2, 0.25) is 0 Å². The molecule has 0 fully saturated rings. The highest BCUT2D eigenvalue weighted by molar-refractivity contribution is 5.88. The van der Waals surface area contributed by atoms with E-state index < -0.39 is 42.6 Å². The average Bonchev–Trinajstić information content (AvgIpc) is 2.94. The van der Waals surface area contributed by atoms with Crippen LogP contribution in [0.3, 0.4) is 0 Å². The minimum Gasteiger partial charge on any atom is -0.488 e. The van der Waals surface area contributed by atoms with E-state index in [0.717, 1.165) is 16.7 Å². The van der Waals surface area contributed by atoms with Crippen molar-refractivity contribution < 1.29 is 39.2 Å². The first-order valence-corrected chi connectivity index (χ1v) is 13.1. The summed E-state index contributed by atoms with van der Waals surface area (Å²) in [5.74, 6) is -3.76. The standard InChI is InChI=1S/C32H35NO8/c1-22(23-10-6-4-7-11-23)18-27(24-12-8-5-9-13-24)25-14-16-26(17-15-25)40-21-28(33(2)3)41-30(36)20-32(39,31(37)38)19-29(34)35/h4-18,22,28,39H,19-21H2,1-3H3,(H,34,35)(H,37,38)/b27-18+. The van der Waals surface area contributed by atoms with Crippen molar-refractivity contribution in [3.05, 3.63) is 108 Å². The maximum atomic E-state index is 12.4. The molecule has 0 bridgehead atoms. The molecule has 41 heavy (non-hydrogen) atoms. The molecule has 0 aliphatic rings. The smallest absolute Gasteiger partial charge is 0.336 e. The molecule has 0 saturated heterocycles. The number of carboxylic acid groups (broad SMARTS) is 2. The zero-order chi connectivity index (χ0) is 30.0. The number of rotatable bonds is 14. The number of likely N-dealkylation sites (N-methyl/N-ethyl adjacent to an activating group) is 1. The van der Waals surface area contributed by atoms with Crippen LogP contribution < -0.4 is 4.74 Å². The van der Waals surface area contributed by atoms with Gasteiger partial charge >= 0.3 is 17.9 Å². The molecular weight excluding hydrogens is 526 g/mol. The fourth-order valence-corrected chi connectivity index (χ4v) is 4.16. The Morgan fingerprint density at radius 3 is 1.95 bits per heavy atom. The van der Waals surface area contributed by atoms with E-state index in [9.17, 15) is 24.6 Å². The van der Waals surface area contributed by atoms with Crippen LogP contribution in [-0.2, 0) is 19.1 Å². The van der Waals surface area contributed by atoms with Gasteiger partial charge in [-0.1, -0.05) is 85.8 Å². The van der Waals surface area contributed by atoms with Gasteiger partial charge in [-0.3, -0.25) is 14.5 Å². The van der Waals surface area contributed by atoms with E-state index in [1.807, 2.05) is 60.7 Å². The molecule has 0 saturated carbocycles. The second kappa shape index (κ2) is 14.2. The molecule has 3 aromatic rings. The van der Waals surface area contributed by atoms with Gasteiger partial charge in [0.05, 0.1) is 12.8 Å². The molecule has 0 radical (unpaired) electrons. The Morgan fingerprint density at radius 1 is 0.854 bits per heavy atom. The molecule has 0 heterocycles. The van der Waals surface area contributed by atoms with Crippen LogP contribution in [0, 0.1) is 0 Å². The minimum atomic E-state index is -2.78. The minimum absolute atomic E-state index is 0.0884. The fraction of sp³-hybridized carbons (Fsp3) is 0.281. The Bertz CT molecular complexity index is 1340. The zero-order valence-electron chi connectivity index (χ0n) is 23.3. The summed E-state index contributed by atoms with van der Waals surface area (Å²) in [6.45, 7) is 2.06. The van der Waals surface area contributed by atoms with E-state index in [0.29, 0.717) is 5.75 Å². The number of carboxylic acids is 2. The molecule has 0 amide bonds. The third-order valence-corrected chi connectivity index (χ3v) is 6.51. The lowest BCUT2D eigenvalue weighted by Crippen LogP contribution is -2.45. The van der Waals surface area contributed by atoms with Gasteiger partial charge in [-0.15, -0.1) is 0 Å². The number of ether oxygens (including phenoxy) is 2. The lowest BCUT2D eigenvalue weighted by Gasteiger charge is -2.26. The Hall–Kier alpha value is -4.47. The van der Waals surface area contributed by atoms with E-state index >= 15 is 0 Å². The number of aliphatic hydroxyl groups is 1. The number of hydrogen-bond acceptors (Lipinski definition) is 7. The Kier molecular flexibility index (Phi) is 10.8. The molecular formula is C32H35NO8. The molecule has 3 unspecified atom stereocenters. The molecule has 0 aliphatic heterocycles. The lowest BCUT2D eigenvalue weighted by atomic mass is 9.91. The Morgan fingerprint density at radius 2 is 1.41 bits per heavy atom. The summed E-state index contributed by atoms with van der Waals surface area (Å²) in [7, 11) is 3.27. The molecule has 3 rings (SSSR count). The number of nitrogens with zero attached hydrogens (tertiary/aromatic N) is 1. The third-order valence-electron chi connectivity index (χ3n) is 6.51. The number of allylic oxidation sites excluding steroid dienone is 1. The van der Waals surface area contributed by atoms with Crippen LogP contribution in [0.4, 0.5) is 0 Å². The molecule has 0 aliphatic carbocycles. The number of carbonyl (C=O) groups excluding carboxylic acids is 1. The van der Waals surface area contributed by atoms with Crippen LogP contribution in [0.1, 0.15) is 42.4 Å². The van der Waals surface area contributed by atoms with Crippen LogP contribution in [0.25, 0.3) is 5.57 Å². The first kappa shape index (κ1) is 31.1. The number of esters is 1. The van der Waals surface area contributed by atoms with Crippen LogP contribution in [-0.4, -0.2) is 70.7 Å². The highest BCUT2D eigenvalue weighted by Gasteiger charge is 2.42. The predicted octanol–water partition coefficient (Wildman–Crippen LogP) is 4.41. The van der Waals surface area contributed by atoms with E-state index in [1.165, 1.54) is 5.56 Å². The van der Waals surface area contributed by atoms with Crippen molar-refractivity contribution in [2.75, 3.05) is 20.7 Å². The van der Waals surface area contributed by atoms with E-state index in [2.05, 4.69) is 37.3 Å². The average molecular weight is 562 g/mol. The van der Waals surface area contributed by atoms with Crippen LogP contribution in [0.15, 0.2) is 91.0 Å². The van der Waals surface area contributed by atoms with Crippen molar-refractivity contribution in [2.45, 2.75) is 37.5 Å². The van der Waals surface area contributed by atoms with Gasteiger partial charge in [0.1, 0.15) is 12.4 Å². The molecule has 0 aromatic heterocycles. The molecule has 0 spiro atoms. The first-order valence-electron chi connectivity index (χ1n) is 13.1. The Balaban J connectivity index is 1.72. The lowest BCUT2D eigenvalue weighted by molar-refractivity contribution is -0.177. The third kappa shape index (κ3) is 9.02. The van der Waals surface area contributed by atoms with Gasteiger partial charge in [-0.25, -0.2) is 4.79 Å². The number of benzene rings is 3. The van der Waals surface area contributed by atoms with Crippen molar-refractivity contribution >= 4 is 23.5 Å².